The second-order valence-electron chi connectivity index (χ2n) is 4.38. The van der Waals surface area contributed by atoms with Crippen LogP contribution in [-0.2, 0) is 4.74 Å². The highest BCUT2D eigenvalue weighted by Crippen LogP contribution is 2.14. The van der Waals surface area contributed by atoms with Crippen LogP contribution in [0, 0.1) is 0 Å². The largest absolute Gasteiger partial charge is 0.493 e. The molecule has 0 spiro atoms. The predicted octanol–water partition coefficient (Wildman–Crippen LogP) is 3.32. The molecule has 0 unspecified atom stereocenters. The summed E-state index contributed by atoms with van der Waals surface area (Å²) in [6.45, 7) is 1.11. The first kappa shape index (κ1) is 14.9. The number of hydrogen-bond acceptors (Lipinski definition) is 4. The molecule has 0 aromatic heterocycles. The second-order valence-corrected chi connectivity index (χ2v) is 4.38. The van der Waals surface area contributed by atoms with Gasteiger partial charge in [-0.05, 0) is 30.3 Å². The summed E-state index contributed by atoms with van der Waals surface area (Å²) in [5.74, 6) is 1.13. The lowest BCUT2D eigenvalue weighted by Crippen LogP contribution is -2.06. The first-order valence-electron chi connectivity index (χ1n) is 6.78. The van der Waals surface area contributed by atoms with Gasteiger partial charge in [0.05, 0.1) is 25.9 Å². The van der Waals surface area contributed by atoms with E-state index in [-0.39, 0.29) is 5.97 Å². The van der Waals surface area contributed by atoms with Crippen LogP contribution < -0.4 is 9.47 Å². The first-order valence-corrected chi connectivity index (χ1v) is 6.78. The summed E-state index contributed by atoms with van der Waals surface area (Å²) in [7, 11) is 1.36. The summed E-state index contributed by atoms with van der Waals surface area (Å²) < 4.78 is 15.8. The van der Waals surface area contributed by atoms with E-state index in [9.17, 15) is 4.79 Å². The van der Waals surface area contributed by atoms with Gasteiger partial charge in [-0.25, -0.2) is 4.79 Å². The number of carbonyl (C=O) groups excluding carboxylic acids is 1. The Bertz CT molecular complexity index is 566. The molecular formula is C17H18O4. The van der Waals surface area contributed by atoms with Crippen molar-refractivity contribution < 1.29 is 19.0 Å². The molecule has 2 aromatic carbocycles. The highest BCUT2D eigenvalue weighted by atomic mass is 16.5. The Balaban J connectivity index is 1.72. The number of hydrogen-bond donors (Lipinski definition) is 0. The van der Waals surface area contributed by atoms with E-state index in [1.165, 1.54) is 7.11 Å². The molecule has 4 heteroatoms. The van der Waals surface area contributed by atoms with Gasteiger partial charge in [0.25, 0.3) is 0 Å². The lowest BCUT2D eigenvalue weighted by atomic mass is 10.2. The second kappa shape index (κ2) is 7.94. The van der Waals surface area contributed by atoms with Crippen molar-refractivity contribution >= 4 is 5.97 Å². The molecule has 2 aromatic rings. The van der Waals surface area contributed by atoms with Crippen LogP contribution in [0.15, 0.2) is 54.6 Å². The molecule has 0 radical (unpaired) electrons. The van der Waals surface area contributed by atoms with Crippen molar-refractivity contribution in [1.82, 2.24) is 0 Å². The Morgan fingerprint density at radius 1 is 0.905 bits per heavy atom. The van der Waals surface area contributed by atoms with Crippen molar-refractivity contribution in [2.24, 2.45) is 0 Å². The molecule has 0 aliphatic rings. The Hall–Kier alpha value is -2.49. The van der Waals surface area contributed by atoms with E-state index in [1.807, 2.05) is 36.4 Å². The highest BCUT2D eigenvalue weighted by Gasteiger charge is 2.05. The van der Waals surface area contributed by atoms with E-state index in [0.29, 0.717) is 24.5 Å². The Morgan fingerprint density at radius 2 is 1.57 bits per heavy atom. The number of para-hydroxylation sites is 1. The topological polar surface area (TPSA) is 44.8 Å². The monoisotopic (exact) mass is 286 g/mol. The van der Waals surface area contributed by atoms with Gasteiger partial charge in [0, 0.05) is 6.42 Å². The molecule has 0 aliphatic carbocycles. The summed E-state index contributed by atoms with van der Waals surface area (Å²) in [4.78, 5) is 11.4. The van der Waals surface area contributed by atoms with Crippen LogP contribution in [0.25, 0.3) is 0 Å². The van der Waals surface area contributed by atoms with Crippen LogP contribution in [0.1, 0.15) is 16.8 Å². The van der Waals surface area contributed by atoms with Crippen LogP contribution in [0.5, 0.6) is 11.5 Å². The smallest absolute Gasteiger partial charge is 0.337 e. The standard InChI is InChI=1S/C17H18O4/c1-19-17(18)14-7-5-10-16(13-14)21-12-6-11-20-15-8-3-2-4-9-15/h2-5,7-10,13H,6,11-12H2,1H3. The Morgan fingerprint density at radius 3 is 2.29 bits per heavy atom. The molecule has 2 rings (SSSR count). The minimum atomic E-state index is -0.368. The molecular weight excluding hydrogens is 268 g/mol. The molecule has 110 valence electrons. The minimum absolute atomic E-state index is 0.368. The maximum Gasteiger partial charge on any atom is 0.337 e. The fourth-order valence-electron chi connectivity index (χ4n) is 1.79. The summed E-state index contributed by atoms with van der Waals surface area (Å²) in [6, 6.07) is 16.6. The number of ether oxygens (including phenoxy) is 3. The average molecular weight is 286 g/mol. The Kier molecular flexibility index (Phi) is 5.64. The zero-order valence-corrected chi connectivity index (χ0v) is 12.0. The van der Waals surface area contributed by atoms with Crippen LogP contribution >= 0.6 is 0 Å². The van der Waals surface area contributed by atoms with E-state index >= 15 is 0 Å². The van der Waals surface area contributed by atoms with Gasteiger partial charge in [-0.2, -0.15) is 0 Å². The van der Waals surface area contributed by atoms with Crippen molar-refractivity contribution in [2.75, 3.05) is 20.3 Å². The van der Waals surface area contributed by atoms with Gasteiger partial charge in [-0.1, -0.05) is 24.3 Å². The molecule has 0 aliphatic heterocycles. The van der Waals surface area contributed by atoms with Gasteiger partial charge in [-0.15, -0.1) is 0 Å². The van der Waals surface area contributed by atoms with Gasteiger partial charge in [0.1, 0.15) is 11.5 Å². The van der Waals surface area contributed by atoms with Gasteiger partial charge in [0.2, 0.25) is 0 Å². The van der Waals surface area contributed by atoms with Gasteiger partial charge in [0.15, 0.2) is 0 Å². The normalized spacial score (nSPS) is 9.95. The fraction of sp³-hybridized carbons (Fsp3) is 0.235. The van der Waals surface area contributed by atoms with Gasteiger partial charge >= 0.3 is 5.97 Å². The lowest BCUT2D eigenvalue weighted by Gasteiger charge is -2.08. The summed E-state index contributed by atoms with van der Waals surface area (Å²) in [5.41, 5.74) is 0.482. The number of benzene rings is 2. The SMILES string of the molecule is COC(=O)c1cccc(OCCCOc2ccccc2)c1. The van der Waals surface area contributed by atoms with Crippen molar-refractivity contribution in [3.8, 4) is 11.5 Å². The molecule has 0 bridgehead atoms. The molecule has 0 saturated heterocycles. The van der Waals surface area contributed by atoms with Gasteiger partial charge in [-0.3, -0.25) is 0 Å². The van der Waals surface area contributed by atoms with E-state index in [1.54, 1.807) is 18.2 Å². The summed E-state index contributed by atoms with van der Waals surface area (Å²) in [5, 5.41) is 0. The van der Waals surface area contributed by atoms with E-state index in [4.69, 9.17) is 9.47 Å². The summed E-state index contributed by atoms with van der Waals surface area (Å²) in [6.07, 6.45) is 0.761. The van der Waals surface area contributed by atoms with Crippen LogP contribution in [0.4, 0.5) is 0 Å². The molecule has 0 atom stereocenters. The first-order chi connectivity index (χ1) is 10.3. The van der Waals surface area contributed by atoms with Crippen molar-refractivity contribution in [2.45, 2.75) is 6.42 Å². The van der Waals surface area contributed by atoms with E-state index in [2.05, 4.69) is 4.74 Å². The minimum Gasteiger partial charge on any atom is -0.493 e. The number of esters is 1. The van der Waals surface area contributed by atoms with Crippen LogP contribution in [-0.4, -0.2) is 26.3 Å². The van der Waals surface area contributed by atoms with Crippen molar-refractivity contribution in [3.05, 3.63) is 60.2 Å². The van der Waals surface area contributed by atoms with Crippen molar-refractivity contribution in [1.29, 1.82) is 0 Å². The lowest BCUT2D eigenvalue weighted by molar-refractivity contribution is 0.0600. The summed E-state index contributed by atoms with van der Waals surface area (Å²) >= 11 is 0. The maximum atomic E-state index is 11.4. The zero-order valence-electron chi connectivity index (χ0n) is 12.0. The van der Waals surface area contributed by atoms with E-state index in [0.717, 1.165) is 12.2 Å². The molecule has 0 N–H and O–H groups in total. The third-order valence-electron chi connectivity index (χ3n) is 2.82. The average Bonchev–Trinajstić information content (AvgIpc) is 2.55. The molecule has 4 nitrogen and oxygen atoms in total. The zero-order chi connectivity index (χ0) is 14.9. The quantitative estimate of drug-likeness (QED) is 0.578. The maximum absolute atomic E-state index is 11.4. The molecule has 0 saturated carbocycles. The van der Waals surface area contributed by atoms with Crippen LogP contribution in [0.3, 0.4) is 0 Å². The molecule has 0 fully saturated rings. The number of methoxy groups -OCH3 is 1. The molecule has 0 amide bonds. The van der Waals surface area contributed by atoms with E-state index < -0.39 is 0 Å². The number of carbonyl (C=O) groups is 1. The predicted molar refractivity (Wildman–Crippen MR) is 79.8 cm³/mol. The highest BCUT2D eigenvalue weighted by molar-refractivity contribution is 5.89. The Labute approximate surface area is 124 Å². The van der Waals surface area contributed by atoms with Crippen LogP contribution in [0.2, 0.25) is 0 Å². The third-order valence-corrected chi connectivity index (χ3v) is 2.82. The van der Waals surface area contributed by atoms with Gasteiger partial charge < -0.3 is 14.2 Å². The number of rotatable bonds is 7. The fourth-order valence-corrected chi connectivity index (χ4v) is 1.79. The molecule has 21 heavy (non-hydrogen) atoms. The van der Waals surface area contributed by atoms with Crippen molar-refractivity contribution in [3.63, 3.8) is 0 Å². The third kappa shape index (κ3) is 4.84. The molecule has 0 heterocycles.